The lowest BCUT2D eigenvalue weighted by atomic mass is 10.2. The third kappa shape index (κ3) is 1.67. The maximum absolute atomic E-state index is 13.4. The first-order valence-electron chi connectivity index (χ1n) is 4.61. The van der Waals surface area contributed by atoms with E-state index < -0.39 is 11.7 Å². The lowest BCUT2D eigenvalue weighted by Crippen LogP contribution is -2.12. The summed E-state index contributed by atoms with van der Waals surface area (Å²) in [6.07, 6.45) is 0. The van der Waals surface area contributed by atoms with Crippen molar-refractivity contribution in [1.82, 2.24) is 4.98 Å². The quantitative estimate of drug-likeness (QED) is 0.840. The molecule has 1 amide bonds. The van der Waals surface area contributed by atoms with Crippen LogP contribution in [0, 0.1) is 12.7 Å². The number of carbonyl (C=O) groups excluding carboxylic acids is 1. The van der Waals surface area contributed by atoms with Gasteiger partial charge in [0.2, 0.25) is 5.89 Å². The van der Waals surface area contributed by atoms with Gasteiger partial charge >= 0.3 is 0 Å². The van der Waals surface area contributed by atoms with E-state index in [4.69, 9.17) is 10.2 Å². The Hall–Kier alpha value is -2.17. The number of hydrogen-bond acceptors (Lipinski definition) is 3. The molecular formula is C11H9FN2O2. The number of halogens is 1. The van der Waals surface area contributed by atoms with Gasteiger partial charge in [-0.3, -0.25) is 4.79 Å². The summed E-state index contributed by atoms with van der Waals surface area (Å²) in [5, 5.41) is 0. The van der Waals surface area contributed by atoms with Gasteiger partial charge in [0.15, 0.2) is 5.69 Å². The number of nitrogens with two attached hydrogens (primary N) is 1. The highest BCUT2D eigenvalue weighted by Crippen LogP contribution is 2.23. The summed E-state index contributed by atoms with van der Waals surface area (Å²) in [5.41, 5.74) is 5.32. The van der Waals surface area contributed by atoms with Crippen LogP contribution in [-0.4, -0.2) is 10.9 Å². The van der Waals surface area contributed by atoms with Crippen LogP contribution in [0.4, 0.5) is 4.39 Å². The van der Waals surface area contributed by atoms with Crippen LogP contribution in [0.5, 0.6) is 0 Å². The molecule has 0 aliphatic carbocycles. The molecule has 5 heteroatoms. The first kappa shape index (κ1) is 10.4. The second-order valence-electron chi connectivity index (χ2n) is 3.27. The van der Waals surface area contributed by atoms with Gasteiger partial charge < -0.3 is 10.2 Å². The molecule has 0 unspecified atom stereocenters. The van der Waals surface area contributed by atoms with Gasteiger partial charge in [-0.25, -0.2) is 9.37 Å². The highest BCUT2D eigenvalue weighted by atomic mass is 19.1. The van der Waals surface area contributed by atoms with Crippen molar-refractivity contribution in [2.45, 2.75) is 6.92 Å². The Morgan fingerprint density at radius 2 is 2.12 bits per heavy atom. The van der Waals surface area contributed by atoms with Crippen molar-refractivity contribution in [3.63, 3.8) is 0 Å². The number of oxazole rings is 1. The molecule has 1 heterocycles. The van der Waals surface area contributed by atoms with Crippen LogP contribution in [0.3, 0.4) is 0 Å². The number of primary amides is 1. The molecule has 0 saturated heterocycles. The molecule has 4 nitrogen and oxygen atoms in total. The molecule has 2 N–H and O–H groups in total. The molecule has 0 radical (unpaired) electrons. The minimum atomic E-state index is -0.691. The summed E-state index contributed by atoms with van der Waals surface area (Å²) in [5.74, 6) is -0.807. The van der Waals surface area contributed by atoms with Gasteiger partial charge in [0, 0.05) is 0 Å². The number of benzene rings is 1. The molecule has 82 valence electrons. The number of hydrogen-bond donors (Lipinski definition) is 1. The Kier molecular flexibility index (Phi) is 2.44. The van der Waals surface area contributed by atoms with Crippen molar-refractivity contribution in [3.8, 4) is 11.5 Å². The highest BCUT2D eigenvalue weighted by molar-refractivity contribution is 5.92. The summed E-state index contributed by atoms with van der Waals surface area (Å²) >= 11 is 0. The van der Waals surface area contributed by atoms with Gasteiger partial charge in [0.25, 0.3) is 5.91 Å². The number of rotatable bonds is 2. The van der Waals surface area contributed by atoms with Crippen molar-refractivity contribution < 1.29 is 13.6 Å². The maximum atomic E-state index is 13.4. The summed E-state index contributed by atoms with van der Waals surface area (Å²) in [4.78, 5) is 14.8. The van der Waals surface area contributed by atoms with Crippen molar-refractivity contribution in [2.75, 3.05) is 0 Å². The number of aryl methyl sites for hydroxylation is 1. The fourth-order valence-electron chi connectivity index (χ4n) is 1.37. The number of aromatic nitrogens is 1. The lowest BCUT2D eigenvalue weighted by Gasteiger charge is -1.95. The second-order valence-corrected chi connectivity index (χ2v) is 3.27. The van der Waals surface area contributed by atoms with E-state index in [0.717, 1.165) is 0 Å². The molecule has 2 rings (SSSR count). The zero-order valence-electron chi connectivity index (χ0n) is 8.53. The Labute approximate surface area is 90.9 Å². The average Bonchev–Trinajstić information content (AvgIpc) is 2.61. The normalized spacial score (nSPS) is 10.4. The lowest BCUT2D eigenvalue weighted by molar-refractivity contribution is 0.0995. The third-order valence-electron chi connectivity index (χ3n) is 2.13. The largest absolute Gasteiger partial charge is 0.440 e. The fraction of sp³-hybridized carbons (Fsp3) is 0.0909. The van der Waals surface area contributed by atoms with Crippen molar-refractivity contribution in [2.24, 2.45) is 5.73 Å². The predicted octanol–water partition coefficient (Wildman–Crippen LogP) is 1.89. The first-order chi connectivity index (χ1) is 7.59. The molecule has 0 bridgehead atoms. The van der Waals surface area contributed by atoms with E-state index in [1.807, 2.05) is 0 Å². The molecule has 0 saturated carbocycles. The SMILES string of the molecule is Cc1oc(-c2ccccc2F)nc1C(N)=O. The average molecular weight is 220 g/mol. The van der Waals surface area contributed by atoms with E-state index in [-0.39, 0.29) is 22.9 Å². The molecule has 0 aliphatic heterocycles. The topological polar surface area (TPSA) is 69.1 Å². The molecule has 0 spiro atoms. The first-order valence-corrected chi connectivity index (χ1v) is 4.61. The molecule has 1 aromatic heterocycles. The van der Waals surface area contributed by atoms with Gasteiger partial charge in [0.1, 0.15) is 11.6 Å². The van der Waals surface area contributed by atoms with Gasteiger partial charge in [-0.2, -0.15) is 0 Å². The molecule has 0 atom stereocenters. The zero-order valence-corrected chi connectivity index (χ0v) is 8.53. The fourth-order valence-corrected chi connectivity index (χ4v) is 1.37. The third-order valence-corrected chi connectivity index (χ3v) is 2.13. The molecule has 2 aromatic rings. The van der Waals surface area contributed by atoms with Gasteiger partial charge in [0.05, 0.1) is 5.56 Å². The molecule has 0 aliphatic rings. The Bertz CT molecular complexity index is 549. The Morgan fingerprint density at radius 1 is 1.44 bits per heavy atom. The van der Waals surface area contributed by atoms with E-state index >= 15 is 0 Å². The van der Waals surface area contributed by atoms with Crippen molar-refractivity contribution in [1.29, 1.82) is 0 Å². The minimum Gasteiger partial charge on any atom is -0.440 e. The monoisotopic (exact) mass is 220 g/mol. The summed E-state index contributed by atoms with van der Waals surface area (Å²) in [6.45, 7) is 1.55. The zero-order chi connectivity index (χ0) is 11.7. The highest BCUT2D eigenvalue weighted by Gasteiger charge is 2.17. The van der Waals surface area contributed by atoms with Crippen molar-refractivity contribution >= 4 is 5.91 Å². The van der Waals surface area contributed by atoms with Crippen LogP contribution in [0.15, 0.2) is 28.7 Å². The van der Waals surface area contributed by atoms with Crippen LogP contribution in [0.25, 0.3) is 11.5 Å². The number of amides is 1. The van der Waals surface area contributed by atoms with Gasteiger partial charge in [-0.05, 0) is 19.1 Å². The Balaban J connectivity index is 2.54. The van der Waals surface area contributed by atoms with Crippen LogP contribution >= 0.6 is 0 Å². The minimum absolute atomic E-state index is 0.0262. The second kappa shape index (κ2) is 3.77. The van der Waals surface area contributed by atoms with Crippen LogP contribution < -0.4 is 5.73 Å². The smallest absolute Gasteiger partial charge is 0.270 e. The van der Waals surface area contributed by atoms with Gasteiger partial charge in [-0.1, -0.05) is 12.1 Å². The van der Waals surface area contributed by atoms with Crippen LogP contribution in [0.1, 0.15) is 16.2 Å². The van der Waals surface area contributed by atoms with E-state index in [1.54, 1.807) is 19.1 Å². The van der Waals surface area contributed by atoms with Gasteiger partial charge in [-0.15, -0.1) is 0 Å². The Morgan fingerprint density at radius 3 is 2.69 bits per heavy atom. The summed E-state index contributed by atoms with van der Waals surface area (Å²) in [6, 6.07) is 6.02. The standard InChI is InChI=1S/C11H9FN2O2/c1-6-9(10(13)15)14-11(16-6)7-4-2-3-5-8(7)12/h2-5H,1H3,(H2,13,15). The van der Waals surface area contributed by atoms with E-state index in [0.29, 0.717) is 0 Å². The summed E-state index contributed by atoms with van der Waals surface area (Å²) in [7, 11) is 0. The van der Waals surface area contributed by atoms with E-state index in [1.165, 1.54) is 12.1 Å². The summed E-state index contributed by atoms with van der Waals surface area (Å²) < 4.78 is 18.6. The van der Waals surface area contributed by atoms with E-state index in [2.05, 4.69) is 4.98 Å². The van der Waals surface area contributed by atoms with Crippen LogP contribution in [-0.2, 0) is 0 Å². The molecular weight excluding hydrogens is 211 g/mol. The predicted molar refractivity (Wildman–Crippen MR) is 55.2 cm³/mol. The molecule has 1 aromatic carbocycles. The number of nitrogens with zero attached hydrogens (tertiary/aromatic N) is 1. The van der Waals surface area contributed by atoms with E-state index in [9.17, 15) is 9.18 Å². The molecule has 0 fully saturated rings. The maximum Gasteiger partial charge on any atom is 0.270 e. The van der Waals surface area contributed by atoms with Crippen LogP contribution in [0.2, 0.25) is 0 Å². The van der Waals surface area contributed by atoms with Crippen molar-refractivity contribution in [3.05, 3.63) is 41.5 Å². The number of carbonyl (C=O) groups is 1. The molecule has 16 heavy (non-hydrogen) atoms.